The maximum atomic E-state index is 15.0. The van der Waals surface area contributed by atoms with Gasteiger partial charge >= 0.3 is 11.9 Å². The summed E-state index contributed by atoms with van der Waals surface area (Å²) < 4.78 is 49.8. The van der Waals surface area contributed by atoms with Gasteiger partial charge in [-0.3, -0.25) is 24.0 Å². The van der Waals surface area contributed by atoms with Crippen molar-refractivity contribution in [1.29, 1.82) is 0 Å². The fraction of sp³-hybridized carbons (Fsp3) is 0.516. The van der Waals surface area contributed by atoms with Crippen molar-refractivity contribution in [3.63, 3.8) is 0 Å². The van der Waals surface area contributed by atoms with Crippen molar-refractivity contribution in [3.8, 4) is 23.2 Å². The third-order valence-electron chi connectivity index (χ3n) is 15.4. The molecule has 0 saturated carbocycles. The molecule has 0 N–H and O–H groups in total. The van der Waals surface area contributed by atoms with Gasteiger partial charge in [-0.2, -0.15) is 0 Å². The Morgan fingerprint density at radius 2 is 1.51 bits per heavy atom. The number of aromatic nitrogens is 3. The van der Waals surface area contributed by atoms with Gasteiger partial charge in [-0.15, -0.1) is 0 Å². The number of carbonyl (C=O) groups is 5. The van der Waals surface area contributed by atoms with E-state index in [1.165, 1.54) is 30.6 Å². The standard InChI is InChI=1S/C62H82N4O13Si/c1-40(29-30-53(70)43(4)59(77-45(6)68)41(2)31-32-66(10)39-67)55(73-12)35-56-44(5)54(72-11)27-20-28-57-63-51(37-74-57)60-65-52(38-76-60)61-64-50(36-75-61)42(3)33-46(69)21-19-22-47(34-58(71)78-56)79-80(62(7,8)9,48-23-15-13-16-24-48)49-25-17-14-18-26-49/h13-18,20,23-26,28,31-32,36-44,47,54-56,59H,19,21-22,27,29-30,33-35H2,1-12H3/b28-20+,32-31+/t40-,41+,42+,43-,44-,47+,54+,55+,56+,59+/m0/s1. The van der Waals surface area contributed by atoms with Crippen LogP contribution in [0.1, 0.15) is 138 Å². The molecule has 6 rings (SSSR count). The van der Waals surface area contributed by atoms with E-state index in [2.05, 4.69) is 60.0 Å². The van der Waals surface area contributed by atoms with Crippen LogP contribution in [0.2, 0.25) is 5.04 Å². The quantitative estimate of drug-likeness (QED) is 0.0427. The number of benzene rings is 2. The van der Waals surface area contributed by atoms with E-state index in [-0.39, 0.29) is 73.2 Å². The van der Waals surface area contributed by atoms with E-state index in [1.54, 1.807) is 46.5 Å². The Balaban J connectivity index is 1.33. The first-order valence-corrected chi connectivity index (χ1v) is 29.7. The minimum atomic E-state index is -3.23. The van der Waals surface area contributed by atoms with Crippen LogP contribution < -0.4 is 10.4 Å². The van der Waals surface area contributed by atoms with Gasteiger partial charge in [0.2, 0.25) is 24.1 Å². The topological polar surface area (TPSA) is 213 Å². The van der Waals surface area contributed by atoms with E-state index >= 15 is 0 Å². The molecule has 1 aliphatic heterocycles. The highest BCUT2D eigenvalue weighted by molar-refractivity contribution is 6.99. The fourth-order valence-electron chi connectivity index (χ4n) is 10.7. The molecular formula is C62H82N4O13Si. The molecule has 0 radical (unpaired) electrons. The summed E-state index contributed by atoms with van der Waals surface area (Å²) in [5, 5.41) is 1.69. The summed E-state index contributed by atoms with van der Waals surface area (Å²) in [5.41, 5.74) is 1.33. The normalized spacial score (nSPS) is 21.5. The highest BCUT2D eigenvalue weighted by atomic mass is 28.4. The zero-order valence-electron chi connectivity index (χ0n) is 48.6. The Kier molecular flexibility index (Phi) is 22.9. The lowest BCUT2D eigenvalue weighted by atomic mass is 9.84. The van der Waals surface area contributed by atoms with Gasteiger partial charge in [0.05, 0.1) is 36.3 Å². The summed E-state index contributed by atoms with van der Waals surface area (Å²) in [6.45, 7) is 17.4. The van der Waals surface area contributed by atoms with E-state index < -0.39 is 67.6 Å². The first-order valence-electron chi connectivity index (χ1n) is 27.8. The molecular weight excluding hydrogens is 1040 g/mol. The zero-order valence-corrected chi connectivity index (χ0v) is 49.6. The summed E-state index contributed by atoms with van der Waals surface area (Å²) in [7, 11) is 1.59. The van der Waals surface area contributed by atoms with Crippen molar-refractivity contribution in [2.45, 2.75) is 162 Å². The molecule has 0 spiro atoms. The van der Waals surface area contributed by atoms with Crippen molar-refractivity contribution in [2.75, 3.05) is 21.3 Å². The van der Waals surface area contributed by atoms with Crippen LogP contribution in [0.15, 0.2) is 111 Å². The highest BCUT2D eigenvalue weighted by Crippen LogP contribution is 2.39. The molecule has 0 saturated heterocycles. The lowest BCUT2D eigenvalue weighted by molar-refractivity contribution is -0.159. The minimum absolute atomic E-state index is 0.0314. The van der Waals surface area contributed by atoms with Gasteiger partial charge in [-0.1, -0.05) is 128 Å². The predicted molar refractivity (Wildman–Crippen MR) is 306 cm³/mol. The number of esters is 2. The van der Waals surface area contributed by atoms with Crippen LogP contribution in [0.3, 0.4) is 0 Å². The number of hydrogen-bond acceptors (Lipinski definition) is 16. The number of Topliss-reactive ketones (excluding diaryl/α,β-unsaturated/α-hetero) is 2. The average molecular weight is 1120 g/mol. The maximum absolute atomic E-state index is 15.0. The second-order valence-corrected chi connectivity index (χ2v) is 26.7. The number of rotatable bonds is 19. The molecule has 17 nitrogen and oxygen atoms in total. The Morgan fingerprint density at radius 1 is 0.875 bits per heavy atom. The smallest absolute Gasteiger partial charge is 0.308 e. The van der Waals surface area contributed by atoms with E-state index in [0.717, 1.165) is 10.4 Å². The number of amides is 1. The Bertz CT molecular complexity index is 2800. The lowest BCUT2D eigenvalue weighted by Crippen LogP contribution is -2.67. The van der Waals surface area contributed by atoms with Gasteiger partial charge in [0.25, 0.3) is 8.32 Å². The number of hydrogen-bond donors (Lipinski definition) is 0. The van der Waals surface area contributed by atoms with Crippen molar-refractivity contribution in [1.82, 2.24) is 19.9 Å². The molecule has 5 aromatic rings. The second kappa shape index (κ2) is 29.2. The van der Waals surface area contributed by atoms with E-state index in [1.807, 2.05) is 70.2 Å². The Morgan fingerprint density at radius 3 is 2.14 bits per heavy atom. The fourth-order valence-corrected chi connectivity index (χ4v) is 15.4. The number of fused-ring (bicyclic) bond motifs is 8. The van der Waals surface area contributed by atoms with E-state index in [0.29, 0.717) is 55.1 Å². The summed E-state index contributed by atoms with van der Waals surface area (Å²) in [4.78, 5) is 81.4. The third kappa shape index (κ3) is 16.5. The molecule has 18 heteroatoms. The second-order valence-electron chi connectivity index (χ2n) is 22.5. The number of cyclic esters (lactones) is 1. The monoisotopic (exact) mass is 1120 g/mol. The molecule has 0 fully saturated rings. The van der Waals surface area contributed by atoms with Crippen molar-refractivity contribution < 1.29 is 60.6 Å². The molecule has 0 aliphatic carbocycles. The molecule has 1 amide bonds. The van der Waals surface area contributed by atoms with Crippen molar-refractivity contribution in [2.24, 2.45) is 23.7 Å². The number of ketones is 2. The third-order valence-corrected chi connectivity index (χ3v) is 20.5. The lowest BCUT2D eigenvalue weighted by Gasteiger charge is -2.45. The van der Waals surface area contributed by atoms with Crippen LogP contribution in [0.5, 0.6) is 0 Å². The summed E-state index contributed by atoms with van der Waals surface area (Å²) >= 11 is 0. The summed E-state index contributed by atoms with van der Waals surface area (Å²) in [6, 6.07) is 20.5. The Labute approximate surface area is 472 Å². The maximum Gasteiger partial charge on any atom is 0.308 e. The van der Waals surface area contributed by atoms with Gasteiger partial charge in [-0.05, 0) is 53.1 Å². The van der Waals surface area contributed by atoms with Crippen LogP contribution >= 0.6 is 0 Å². The SMILES string of the molecule is CO[C@@H]1C/C=C/c2nc(co2)-c2nc(co2)-c2nc(co2)[C@H](C)CC(=O)CCC[C@@H](O[Si](c2ccccc2)(c2ccccc2)C(C)(C)C)CC(=O)O[C@H](C[C@@H](OC)[C@@H](C)CCC(=O)[C@H](C)[C@H](OC(C)=O)[C@H](C)/C=C/N(C)C=O)[C@H]1C. The number of nitrogens with zero attached hydrogens (tertiary/aromatic N) is 4. The Hall–Kier alpha value is -6.60. The number of methoxy groups -OCH3 is 2. The molecule has 4 heterocycles. The number of carbonyl (C=O) groups excluding carboxylic acids is 5. The van der Waals surface area contributed by atoms with Crippen molar-refractivity contribution in [3.05, 3.63) is 109 Å². The van der Waals surface area contributed by atoms with Gasteiger partial charge < -0.3 is 41.5 Å². The van der Waals surface area contributed by atoms with Gasteiger partial charge in [0.1, 0.15) is 42.6 Å². The van der Waals surface area contributed by atoms with Gasteiger partial charge in [-0.25, -0.2) is 15.0 Å². The van der Waals surface area contributed by atoms with Gasteiger partial charge in [0.15, 0.2) is 11.4 Å². The molecule has 6 bridgehead atoms. The molecule has 3 aromatic heterocycles. The van der Waals surface area contributed by atoms with Gasteiger partial charge in [0, 0.05) is 77.8 Å². The first kappa shape index (κ1) is 62.6. The molecule has 80 heavy (non-hydrogen) atoms. The average Bonchev–Trinajstić information content (AvgIpc) is 4.38. The first-order chi connectivity index (χ1) is 38.2. The minimum Gasteiger partial charge on any atom is -0.462 e. The van der Waals surface area contributed by atoms with Crippen LogP contribution in [0.4, 0.5) is 0 Å². The zero-order chi connectivity index (χ0) is 58.1. The highest BCUT2D eigenvalue weighted by Gasteiger charge is 2.52. The summed E-state index contributed by atoms with van der Waals surface area (Å²) in [5.74, 6) is -2.18. The molecule has 1 aliphatic rings. The van der Waals surface area contributed by atoms with Crippen LogP contribution in [-0.2, 0) is 47.3 Å². The summed E-state index contributed by atoms with van der Waals surface area (Å²) in [6.07, 6.45) is 11.3. The molecule has 10 atom stereocenters. The predicted octanol–water partition coefficient (Wildman–Crippen LogP) is 10.7. The van der Waals surface area contributed by atoms with Crippen molar-refractivity contribution >= 4 is 54.7 Å². The molecule has 432 valence electrons. The van der Waals surface area contributed by atoms with Crippen LogP contribution in [0.25, 0.3) is 29.2 Å². The number of ether oxygens (including phenoxy) is 4. The molecule has 2 aromatic carbocycles. The number of oxazole rings is 3. The molecule has 0 unspecified atom stereocenters. The van der Waals surface area contributed by atoms with Crippen LogP contribution in [0, 0.1) is 23.7 Å². The largest absolute Gasteiger partial charge is 0.462 e. The van der Waals surface area contributed by atoms with Crippen LogP contribution in [-0.4, -0.2) is 110 Å². The van der Waals surface area contributed by atoms with E-state index in [9.17, 15) is 24.0 Å². The van der Waals surface area contributed by atoms with E-state index in [4.69, 9.17) is 36.6 Å².